The number of aliphatic carboxylic acids is 1. The summed E-state index contributed by atoms with van der Waals surface area (Å²) in [7, 11) is 0. The molecule has 0 saturated heterocycles. The molecular formula is C7H23AlNNaO7. The molecule has 0 bridgehead atoms. The van der Waals surface area contributed by atoms with Gasteiger partial charge in [0.1, 0.15) is 6.10 Å². The molecule has 9 N–H and O–H groups in total. The first-order valence-electron chi connectivity index (χ1n) is 3.85. The smallest absolute Gasteiger partial charge is 1.00 e. The van der Waals surface area contributed by atoms with Gasteiger partial charge >= 0.3 is 35.5 Å². The first-order chi connectivity index (χ1) is 6.32. The van der Waals surface area contributed by atoms with Crippen molar-refractivity contribution in [3.05, 3.63) is 0 Å². The molecule has 0 rings (SSSR count). The number of carboxylic acids is 1. The summed E-state index contributed by atoms with van der Waals surface area (Å²) in [5, 5.41) is 40.8. The van der Waals surface area contributed by atoms with Gasteiger partial charge in [-0.05, 0) is 6.92 Å². The minimum atomic E-state index is -1.23. The molecule has 1 unspecified atom stereocenters. The van der Waals surface area contributed by atoms with E-state index >= 15 is 0 Å². The Morgan fingerprint density at radius 1 is 1.29 bits per heavy atom. The van der Waals surface area contributed by atoms with Gasteiger partial charge in [-0.1, -0.05) is 0 Å². The van der Waals surface area contributed by atoms with E-state index in [4.69, 9.17) is 31.3 Å². The quantitative estimate of drug-likeness (QED) is 0.277. The summed E-state index contributed by atoms with van der Waals surface area (Å²) in [6.45, 7) is -0.0116. The number of carboxylic acid groups (broad SMARTS) is 1. The van der Waals surface area contributed by atoms with E-state index in [-0.39, 0.29) is 53.8 Å². The maximum Gasteiger partial charge on any atom is 1.00 e. The van der Waals surface area contributed by atoms with E-state index < -0.39 is 37.4 Å². The zero-order valence-electron chi connectivity index (χ0n) is 10.4. The van der Waals surface area contributed by atoms with Crippen molar-refractivity contribution in [2.45, 2.75) is 18.6 Å². The van der Waals surface area contributed by atoms with Crippen LogP contribution in [0.25, 0.3) is 0 Å². The first kappa shape index (κ1) is 30.6. The Morgan fingerprint density at radius 2 is 1.47 bits per heavy atom. The summed E-state index contributed by atoms with van der Waals surface area (Å²) < 4.78 is 0. The topological polar surface area (TPSA) is 176 Å². The van der Waals surface area contributed by atoms with Crippen LogP contribution in [-0.2, 0) is 4.79 Å². The number of aliphatic hydroxyl groups excluding tert-OH is 4. The maximum atomic E-state index is 9.45. The molecule has 0 aromatic carbocycles. The third-order valence-corrected chi connectivity index (χ3v) is 1.30. The van der Waals surface area contributed by atoms with Crippen molar-refractivity contribution in [3.63, 3.8) is 0 Å². The van der Waals surface area contributed by atoms with Gasteiger partial charge in [-0.15, -0.1) is 0 Å². The van der Waals surface area contributed by atoms with E-state index in [1.165, 1.54) is 6.92 Å². The molecule has 0 fully saturated rings. The largest absolute Gasteiger partial charge is 1.00 e. The number of nitrogens with two attached hydrogens (primary N) is 1. The van der Waals surface area contributed by atoms with Crippen molar-refractivity contribution in [1.29, 1.82) is 0 Å². The van der Waals surface area contributed by atoms with E-state index in [1.807, 2.05) is 0 Å². The fourth-order valence-electron chi connectivity index (χ4n) is 0.150. The Hall–Kier alpha value is 0.762. The number of hydrogen-bond donors (Lipinski definition) is 6. The average molecular weight is 283 g/mol. The van der Waals surface area contributed by atoms with Crippen molar-refractivity contribution >= 4 is 23.3 Å². The zero-order valence-corrected chi connectivity index (χ0v) is 11.4. The fourth-order valence-corrected chi connectivity index (χ4v) is 0.150. The van der Waals surface area contributed by atoms with Crippen molar-refractivity contribution in [1.82, 2.24) is 0 Å². The predicted octanol–water partition coefficient (Wildman–Crippen LogP) is -7.78. The van der Waals surface area contributed by atoms with Crippen LogP contribution in [0.2, 0.25) is 0 Å². The van der Waals surface area contributed by atoms with Gasteiger partial charge in [-0.2, -0.15) is 0 Å². The van der Waals surface area contributed by atoms with Crippen LogP contribution in [0.1, 0.15) is 8.35 Å². The molecule has 0 aliphatic heterocycles. The third-order valence-electron chi connectivity index (χ3n) is 1.30. The number of rotatable bonds is 4. The second-order valence-corrected chi connectivity index (χ2v) is 2.85. The molecule has 0 aliphatic carbocycles. The number of hydrogen-bond acceptors (Lipinski definition) is 6. The van der Waals surface area contributed by atoms with Gasteiger partial charge in [0.05, 0.1) is 25.4 Å². The van der Waals surface area contributed by atoms with Gasteiger partial charge < -0.3 is 38.2 Å². The molecule has 0 amide bonds. The molecule has 8 nitrogen and oxygen atoms in total. The Kier molecular flexibility index (Phi) is 30.2. The number of carbonyl (C=O) groups is 1. The van der Waals surface area contributed by atoms with Crippen LogP contribution >= 0.6 is 0 Å². The van der Waals surface area contributed by atoms with Gasteiger partial charge in [-0.3, -0.25) is 0 Å². The summed E-state index contributed by atoms with van der Waals surface area (Å²) in [5.41, 5.74) is 3.94. The van der Waals surface area contributed by atoms with E-state index in [1.54, 1.807) is 0 Å². The Morgan fingerprint density at radius 3 is 1.47 bits per heavy atom. The van der Waals surface area contributed by atoms with Crippen molar-refractivity contribution in [3.8, 4) is 0 Å². The van der Waals surface area contributed by atoms with Crippen LogP contribution < -0.4 is 35.3 Å². The minimum Gasteiger partial charge on any atom is -1.00 e. The second-order valence-electron chi connectivity index (χ2n) is 2.85. The van der Waals surface area contributed by atoms with Crippen LogP contribution in [0.5, 0.6) is 0 Å². The summed E-state index contributed by atoms with van der Waals surface area (Å²) in [6.07, 6.45) is -1.23. The van der Waals surface area contributed by atoms with E-state index in [2.05, 4.69) is 0 Å². The predicted molar refractivity (Wildman–Crippen MR) is 62.2 cm³/mol. The van der Waals surface area contributed by atoms with Crippen LogP contribution in [0, 0.1) is 0 Å². The maximum absolute atomic E-state index is 9.45. The Balaban J connectivity index is -0.0000000335. The normalized spacial score (nSPS) is 10.5. The molecule has 0 aliphatic rings. The summed E-state index contributed by atoms with van der Waals surface area (Å²) in [4.78, 5) is 9.45. The summed E-state index contributed by atoms with van der Waals surface area (Å²) >= 11 is 0. The molecule has 17 heavy (non-hydrogen) atoms. The standard InChI is InChI=1S/C4H11NO3.C3H6O3.Al.Na.H2O.4H/c5-4(1-6,2-7)3-8;1-2(4)3(5)6;;;;;;;/h6-8H,1-3,5H2;2,4H,1H3,(H,5,6);;;1H2;;;;/q;;;+1;;;;;-1. The van der Waals surface area contributed by atoms with E-state index in [0.29, 0.717) is 0 Å². The SMILES string of the molecule is CC(O)C(=O)O.NC(CO)(CO)CO.O.[AlH3].[H-].[Na+]. The molecule has 0 spiro atoms. The summed E-state index contributed by atoms with van der Waals surface area (Å²) in [6, 6.07) is 0. The van der Waals surface area contributed by atoms with Gasteiger partial charge in [0.25, 0.3) is 0 Å². The molecule has 0 saturated carbocycles. The molecule has 1 atom stereocenters. The van der Waals surface area contributed by atoms with Crippen LogP contribution in [0.15, 0.2) is 0 Å². The summed E-state index contributed by atoms with van der Waals surface area (Å²) in [5.74, 6) is -1.19. The molecule has 0 aromatic rings. The van der Waals surface area contributed by atoms with E-state index in [0.717, 1.165) is 0 Å². The van der Waals surface area contributed by atoms with Crippen LogP contribution in [0.3, 0.4) is 0 Å². The van der Waals surface area contributed by atoms with Gasteiger partial charge in [0, 0.05) is 0 Å². The molecular weight excluding hydrogens is 260 g/mol. The van der Waals surface area contributed by atoms with Gasteiger partial charge in [0.15, 0.2) is 17.4 Å². The van der Waals surface area contributed by atoms with Crippen LogP contribution in [-0.4, -0.2) is 85.8 Å². The third kappa shape index (κ3) is 19.3. The monoisotopic (exact) mass is 283 g/mol. The molecule has 10 heteroatoms. The Labute approximate surface area is 134 Å². The number of aliphatic hydroxyl groups is 4. The van der Waals surface area contributed by atoms with E-state index in [9.17, 15) is 4.79 Å². The molecule has 0 heterocycles. The van der Waals surface area contributed by atoms with Crippen molar-refractivity contribution in [2.75, 3.05) is 19.8 Å². The van der Waals surface area contributed by atoms with Crippen molar-refractivity contribution in [2.24, 2.45) is 5.73 Å². The molecule has 0 aromatic heterocycles. The average Bonchev–Trinajstić information content (AvgIpc) is 2.17. The zero-order chi connectivity index (χ0) is 11.8. The second kappa shape index (κ2) is 16.8. The minimum absolute atomic E-state index is 0. The molecule has 0 radical (unpaired) electrons. The molecule has 102 valence electrons. The van der Waals surface area contributed by atoms with Gasteiger partial charge in [0.2, 0.25) is 0 Å². The van der Waals surface area contributed by atoms with Gasteiger partial charge in [-0.25, -0.2) is 4.79 Å². The first-order valence-corrected chi connectivity index (χ1v) is 3.85. The fraction of sp³-hybridized carbons (Fsp3) is 0.857. The Bertz CT molecular complexity index is 166. The van der Waals surface area contributed by atoms with Crippen molar-refractivity contribution < 1.29 is 66.8 Å². The van der Waals surface area contributed by atoms with Crippen LogP contribution in [0.4, 0.5) is 0 Å².